The second-order valence-electron chi connectivity index (χ2n) is 28.4. The Morgan fingerprint density at radius 2 is 0.908 bits per heavy atom. The number of hydrogen-bond donors (Lipinski definition) is 7. The Balaban J connectivity index is 0.000000153. The number of ether oxygens (including phenoxy) is 2. The molecule has 0 aromatic heterocycles. The van der Waals surface area contributed by atoms with E-state index < -0.39 is 0 Å². The summed E-state index contributed by atoms with van der Waals surface area (Å²) in [6.45, 7) is 13.6. The molecule has 8 N–H and O–H groups in total. The first-order valence-corrected chi connectivity index (χ1v) is 38.0. The van der Waals surface area contributed by atoms with E-state index in [1.807, 2.05) is 147 Å². The summed E-state index contributed by atoms with van der Waals surface area (Å²) in [4.78, 5) is 72.5. The molecular weight excluding hydrogens is 1360 g/mol. The summed E-state index contributed by atoms with van der Waals surface area (Å²) in [5.74, 6) is 0.282. The lowest BCUT2D eigenvalue weighted by atomic mass is 9.98. The maximum atomic E-state index is 13.5. The number of nitrogens with one attached hydrogen (secondary N) is 6. The summed E-state index contributed by atoms with van der Waals surface area (Å²) in [7, 11) is 3.25. The van der Waals surface area contributed by atoms with Crippen molar-refractivity contribution in [3.63, 3.8) is 0 Å². The fraction of sp³-hybridized carbons (Fsp3) is 0.250. The molecule has 0 saturated carbocycles. The van der Waals surface area contributed by atoms with Gasteiger partial charge in [0.25, 0.3) is 23.6 Å². The molecular formula is C92H96N10O7. The normalized spacial score (nSPS) is 16.1. The number of likely N-dealkylation sites (tertiary alicyclic amines) is 2. The Labute approximate surface area is 639 Å². The van der Waals surface area contributed by atoms with Crippen molar-refractivity contribution >= 4 is 80.5 Å². The SMILES string of the molecule is CC[C@@H](c1ccccc1)N1CCc2cc(C(N)=O)ccc21.COc1ccc([C@H](C)NC(=O)c2ccc3c(c2)C(=C(Nc2ccc(CN4CCCCC4)cc2)c2ccccc2)C(=O)N3)cc1.COc1cccc([C@H](C)NC(=O)c2ccc3c(c2)C(=C(Nc2ccc(CN4CCCCC4)cc2)c2ccccc2)C(=O)N3)c1. The molecule has 5 aliphatic rings. The molecule has 5 aliphatic heterocycles. The second-order valence-corrected chi connectivity index (χ2v) is 28.4. The number of carbonyl (C=O) groups excluding carboxylic acids is 5. The monoisotopic (exact) mass is 1450 g/mol. The quantitative estimate of drug-likeness (QED) is 0.0316. The minimum Gasteiger partial charge on any atom is -0.497 e. The molecule has 2 fully saturated rings. The zero-order chi connectivity index (χ0) is 75.8. The standard InChI is InChI=1S/2C37H38N4O3.C18H20N2O/c1-25(28-12-9-13-31(22-28)44-2)38-36(42)29-16-19-33-32(23-29)34(37(43)40-33)35(27-10-5-3-6-11-27)39-30-17-14-26(15-18-30)24-41-20-7-4-8-21-41;1-25(27-13-18-31(44-2)19-14-27)38-36(42)29-15-20-33-32(23-29)34(37(43)40-33)35(28-9-5-3-6-10-28)39-30-16-11-26(12-17-30)24-41-21-7-4-8-22-41;1-2-16(13-6-4-3-5-7-13)20-11-10-14-12-15(18(19)21)8-9-17(14)20/h3,5-6,9-19,22-23,25,39H,4,7-8,20-21,24H2,1-2H3,(H,38,42)(H,40,43);3,5-6,9-20,23,25,39H,4,7-8,21-22,24H2,1-2H3,(H,38,42)(H,40,43);3-9,12,16H,2,10-11H2,1H3,(H2,19,21)/t2*25-;16-/m000/s1. The van der Waals surface area contributed by atoms with Gasteiger partial charge in [-0.25, -0.2) is 0 Å². The van der Waals surface area contributed by atoms with Crippen LogP contribution in [0.2, 0.25) is 0 Å². The van der Waals surface area contributed by atoms with Gasteiger partial charge in [0.2, 0.25) is 5.91 Å². The first kappa shape index (κ1) is 75.2. The molecule has 17 heteroatoms. The summed E-state index contributed by atoms with van der Waals surface area (Å²) in [6.07, 6.45) is 9.73. The highest BCUT2D eigenvalue weighted by atomic mass is 16.5. The zero-order valence-electron chi connectivity index (χ0n) is 62.7. The summed E-state index contributed by atoms with van der Waals surface area (Å²) in [5, 5.41) is 19.2. The average molecular weight is 1450 g/mol. The van der Waals surface area contributed by atoms with Crippen LogP contribution in [0.25, 0.3) is 22.5 Å². The molecule has 3 atom stereocenters. The molecule has 5 amide bonds. The third-order valence-corrected chi connectivity index (χ3v) is 21.0. The van der Waals surface area contributed by atoms with Crippen molar-refractivity contribution in [3.8, 4) is 11.5 Å². The van der Waals surface area contributed by atoms with Crippen molar-refractivity contribution in [2.24, 2.45) is 5.73 Å². The van der Waals surface area contributed by atoms with Gasteiger partial charge in [0.15, 0.2) is 0 Å². The van der Waals surface area contributed by atoms with E-state index in [9.17, 15) is 24.0 Å². The van der Waals surface area contributed by atoms with Crippen LogP contribution in [0.5, 0.6) is 11.5 Å². The minimum absolute atomic E-state index is 0.211. The number of anilines is 5. The van der Waals surface area contributed by atoms with Crippen molar-refractivity contribution in [1.82, 2.24) is 20.4 Å². The highest BCUT2D eigenvalue weighted by Gasteiger charge is 2.33. The predicted octanol–water partition coefficient (Wildman–Crippen LogP) is 17.5. The lowest BCUT2D eigenvalue weighted by molar-refractivity contribution is -0.111. The van der Waals surface area contributed by atoms with Crippen LogP contribution in [0.15, 0.2) is 243 Å². The number of benzene rings is 10. The second kappa shape index (κ2) is 35.6. The van der Waals surface area contributed by atoms with E-state index in [-0.39, 0.29) is 41.6 Å². The number of nitrogens with zero attached hydrogens (tertiary/aromatic N) is 3. The summed E-state index contributed by atoms with van der Waals surface area (Å²) >= 11 is 0. The van der Waals surface area contributed by atoms with E-state index in [0.717, 1.165) is 104 Å². The molecule has 0 radical (unpaired) electrons. The molecule has 17 nitrogen and oxygen atoms in total. The number of piperidine rings is 2. The Morgan fingerprint density at radius 1 is 0.450 bits per heavy atom. The molecule has 15 rings (SSSR count). The molecule has 0 unspecified atom stereocenters. The van der Waals surface area contributed by atoms with Crippen LogP contribution >= 0.6 is 0 Å². The molecule has 2 saturated heterocycles. The Kier molecular flexibility index (Phi) is 24.5. The van der Waals surface area contributed by atoms with Gasteiger partial charge in [-0.3, -0.25) is 33.8 Å². The van der Waals surface area contributed by atoms with Crippen LogP contribution in [0, 0.1) is 0 Å². The summed E-state index contributed by atoms with van der Waals surface area (Å²) in [5.41, 5.74) is 23.8. The van der Waals surface area contributed by atoms with E-state index in [2.05, 4.69) is 126 Å². The number of carbonyl (C=O) groups is 5. The van der Waals surface area contributed by atoms with Gasteiger partial charge in [-0.2, -0.15) is 0 Å². The van der Waals surface area contributed by atoms with Crippen LogP contribution in [-0.4, -0.2) is 86.3 Å². The van der Waals surface area contributed by atoms with E-state index in [0.29, 0.717) is 67.8 Å². The number of fused-ring (bicyclic) bond motifs is 3. The maximum Gasteiger partial charge on any atom is 0.258 e. The fourth-order valence-corrected chi connectivity index (χ4v) is 15.1. The van der Waals surface area contributed by atoms with Crippen LogP contribution < -0.4 is 52.0 Å². The van der Waals surface area contributed by atoms with E-state index >= 15 is 0 Å². The first-order valence-electron chi connectivity index (χ1n) is 38.0. The van der Waals surface area contributed by atoms with Crippen LogP contribution in [0.1, 0.15) is 171 Å². The summed E-state index contributed by atoms with van der Waals surface area (Å²) in [6, 6.07) is 78.8. The number of hydrogen-bond acceptors (Lipinski definition) is 12. The van der Waals surface area contributed by atoms with E-state index in [1.165, 1.54) is 66.5 Å². The third-order valence-electron chi connectivity index (χ3n) is 21.0. The van der Waals surface area contributed by atoms with Gasteiger partial charge in [0.05, 0.1) is 54.9 Å². The van der Waals surface area contributed by atoms with Crippen molar-refractivity contribution in [2.45, 2.75) is 103 Å². The molecule has 556 valence electrons. The van der Waals surface area contributed by atoms with Crippen LogP contribution in [0.4, 0.5) is 28.4 Å². The maximum absolute atomic E-state index is 13.5. The lowest BCUT2D eigenvalue weighted by Gasteiger charge is -2.30. The third kappa shape index (κ3) is 18.5. The van der Waals surface area contributed by atoms with Gasteiger partial charge < -0.3 is 52.0 Å². The van der Waals surface area contributed by atoms with Crippen molar-refractivity contribution < 1.29 is 33.4 Å². The molecule has 10 aromatic rings. The first-order chi connectivity index (χ1) is 53.2. The van der Waals surface area contributed by atoms with E-state index in [4.69, 9.17) is 15.2 Å². The Bertz CT molecular complexity index is 4920. The van der Waals surface area contributed by atoms with Gasteiger partial charge in [-0.05, 0) is 226 Å². The molecule has 0 bridgehead atoms. The Hall–Kier alpha value is -12.1. The zero-order valence-corrected chi connectivity index (χ0v) is 62.7. The van der Waals surface area contributed by atoms with Gasteiger partial charge in [-0.1, -0.05) is 159 Å². The summed E-state index contributed by atoms with van der Waals surface area (Å²) < 4.78 is 10.6. The van der Waals surface area contributed by atoms with Crippen LogP contribution in [-0.2, 0) is 29.1 Å². The fourth-order valence-electron chi connectivity index (χ4n) is 15.1. The number of methoxy groups -OCH3 is 2. The van der Waals surface area contributed by atoms with Gasteiger partial charge >= 0.3 is 0 Å². The topological polar surface area (TPSA) is 212 Å². The molecule has 5 heterocycles. The lowest BCUT2D eigenvalue weighted by Crippen LogP contribution is -2.29. The van der Waals surface area contributed by atoms with Crippen LogP contribution in [0.3, 0.4) is 0 Å². The predicted molar refractivity (Wildman–Crippen MR) is 438 cm³/mol. The van der Waals surface area contributed by atoms with Crippen molar-refractivity contribution in [1.29, 1.82) is 0 Å². The molecule has 0 aliphatic carbocycles. The average Bonchev–Trinajstić information content (AvgIpc) is 1.65. The number of nitrogens with two attached hydrogens (primary N) is 1. The molecule has 10 aromatic carbocycles. The van der Waals surface area contributed by atoms with Gasteiger partial charge in [0, 0.05) is 75.9 Å². The Morgan fingerprint density at radius 3 is 1.38 bits per heavy atom. The highest BCUT2D eigenvalue weighted by Crippen LogP contribution is 2.42. The van der Waals surface area contributed by atoms with Gasteiger partial charge in [-0.15, -0.1) is 0 Å². The van der Waals surface area contributed by atoms with Crippen molar-refractivity contribution in [2.75, 3.05) is 73.1 Å². The van der Waals surface area contributed by atoms with Gasteiger partial charge in [0.1, 0.15) is 11.5 Å². The molecule has 0 spiro atoms. The van der Waals surface area contributed by atoms with E-state index in [1.54, 1.807) is 50.6 Å². The number of rotatable bonds is 22. The number of primary amides is 1. The number of amides is 5. The highest BCUT2D eigenvalue weighted by molar-refractivity contribution is 6.38. The largest absolute Gasteiger partial charge is 0.497 e. The van der Waals surface area contributed by atoms with Crippen molar-refractivity contribution in [3.05, 3.63) is 315 Å². The molecule has 109 heavy (non-hydrogen) atoms. The smallest absolute Gasteiger partial charge is 0.258 e. The minimum atomic E-state index is -0.355.